The van der Waals surface area contributed by atoms with Gasteiger partial charge < -0.3 is 20.3 Å². The second-order valence-corrected chi connectivity index (χ2v) is 5.95. The van der Waals surface area contributed by atoms with Crippen molar-refractivity contribution in [2.75, 3.05) is 12.3 Å². The normalized spacial score (nSPS) is 15.5. The topological polar surface area (TPSA) is 111 Å². The van der Waals surface area contributed by atoms with Gasteiger partial charge in [0.25, 0.3) is 0 Å². The van der Waals surface area contributed by atoms with Crippen LogP contribution in [0.2, 0.25) is 0 Å². The molecule has 0 amide bonds. The van der Waals surface area contributed by atoms with Crippen LogP contribution in [-0.4, -0.2) is 34.1 Å². The molecule has 1 aliphatic rings. The van der Waals surface area contributed by atoms with Crippen LogP contribution in [0, 0.1) is 0 Å². The first-order chi connectivity index (χ1) is 13.3. The maximum atomic E-state index is 5.87. The number of allylic oxidation sites excluding steroid dienone is 1. The summed E-state index contributed by atoms with van der Waals surface area (Å²) in [6.45, 7) is 0.409. The molecular weight excluding hydrogens is 344 g/mol. The largest absolute Gasteiger partial charge is 0.473 e. The van der Waals surface area contributed by atoms with Crippen molar-refractivity contribution in [2.45, 2.75) is 12.6 Å². The highest BCUT2D eigenvalue weighted by Crippen LogP contribution is 2.25. The molecule has 8 nitrogen and oxygen atoms in total. The SMILES string of the molecule is Nc1ncccc1-c1cc(Cc2ccc(OCC3N=CC=CN3)nc2)no1. The Morgan fingerprint density at radius 3 is 2.96 bits per heavy atom. The number of pyridine rings is 2. The third kappa shape index (κ3) is 4.12. The second-order valence-electron chi connectivity index (χ2n) is 5.95. The smallest absolute Gasteiger partial charge is 0.213 e. The Morgan fingerprint density at radius 2 is 2.19 bits per heavy atom. The van der Waals surface area contributed by atoms with Crippen molar-refractivity contribution >= 4 is 12.0 Å². The summed E-state index contributed by atoms with van der Waals surface area (Å²) in [5.74, 6) is 1.56. The van der Waals surface area contributed by atoms with Gasteiger partial charge in [-0.2, -0.15) is 0 Å². The van der Waals surface area contributed by atoms with Crippen molar-refractivity contribution in [3.8, 4) is 17.2 Å². The van der Waals surface area contributed by atoms with Crippen molar-refractivity contribution in [1.82, 2.24) is 20.4 Å². The Bertz CT molecular complexity index is 964. The van der Waals surface area contributed by atoms with E-state index in [-0.39, 0.29) is 6.17 Å². The van der Waals surface area contributed by atoms with E-state index in [2.05, 4.69) is 25.4 Å². The van der Waals surface area contributed by atoms with Crippen LogP contribution in [0.25, 0.3) is 11.3 Å². The van der Waals surface area contributed by atoms with Gasteiger partial charge in [-0.3, -0.25) is 4.99 Å². The molecule has 4 heterocycles. The Hall–Kier alpha value is -3.68. The molecule has 0 radical (unpaired) electrons. The highest BCUT2D eigenvalue weighted by Gasteiger charge is 2.11. The minimum atomic E-state index is -0.0926. The molecule has 3 N–H and O–H groups in total. The summed E-state index contributed by atoms with van der Waals surface area (Å²) < 4.78 is 11.0. The lowest BCUT2D eigenvalue weighted by Gasteiger charge is -2.15. The summed E-state index contributed by atoms with van der Waals surface area (Å²) in [5, 5.41) is 7.19. The lowest BCUT2D eigenvalue weighted by Crippen LogP contribution is -2.30. The molecule has 0 aliphatic carbocycles. The Kier molecular flexibility index (Phi) is 4.78. The van der Waals surface area contributed by atoms with E-state index in [4.69, 9.17) is 15.0 Å². The summed E-state index contributed by atoms with van der Waals surface area (Å²) in [7, 11) is 0. The number of nitrogens with one attached hydrogen (secondary N) is 1. The fourth-order valence-electron chi connectivity index (χ4n) is 2.62. The highest BCUT2D eigenvalue weighted by atomic mass is 16.5. The molecule has 136 valence electrons. The summed E-state index contributed by atoms with van der Waals surface area (Å²) in [4.78, 5) is 12.6. The van der Waals surface area contributed by atoms with Gasteiger partial charge in [-0.1, -0.05) is 11.2 Å². The fraction of sp³-hybridized carbons (Fsp3) is 0.158. The standard InChI is InChI=1S/C19H18N6O2/c20-19-15(3-1-6-23-19)16-10-14(25-27-16)9-13-4-5-18(24-11-13)26-12-17-21-7-2-8-22-17/h1-8,10-11,17,21H,9,12H2,(H2,20,23). The number of nitrogens with two attached hydrogens (primary N) is 1. The van der Waals surface area contributed by atoms with Gasteiger partial charge in [0.1, 0.15) is 12.4 Å². The highest BCUT2D eigenvalue weighted by molar-refractivity contribution is 5.71. The van der Waals surface area contributed by atoms with E-state index in [1.165, 1.54) is 0 Å². The third-order valence-corrected chi connectivity index (χ3v) is 3.97. The molecule has 3 aromatic heterocycles. The first-order valence-corrected chi connectivity index (χ1v) is 8.46. The van der Waals surface area contributed by atoms with Gasteiger partial charge in [0.2, 0.25) is 5.88 Å². The van der Waals surface area contributed by atoms with Gasteiger partial charge in [-0.05, 0) is 30.0 Å². The molecule has 0 spiro atoms. The van der Waals surface area contributed by atoms with Crippen LogP contribution in [0.3, 0.4) is 0 Å². The first kappa shape index (κ1) is 16.8. The van der Waals surface area contributed by atoms with Gasteiger partial charge in [0.15, 0.2) is 11.9 Å². The number of rotatable bonds is 6. The van der Waals surface area contributed by atoms with E-state index >= 15 is 0 Å². The van der Waals surface area contributed by atoms with Gasteiger partial charge >= 0.3 is 0 Å². The summed E-state index contributed by atoms with van der Waals surface area (Å²) in [5.41, 5.74) is 8.39. The zero-order valence-electron chi connectivity index (χ0n) is 14.4. The third-order valence-electron chi connectivity index (χ3n) is 3.97. The maximum Gasteiger partial charge on any atom is 0.213 e. The van der Waals surface area contributed by atoms with Crippen molar-refractivity contribution in [3.63, 3.8) is 0 Å². The van der Waals surface area contributed by atoms with E-state index in [1.807, 2.05) is 36.5 Å². The van der Waals surface area contributed by atoms with E-state index in [1.54, 1.807) is 24.7 Å². The minimum Gasteiger partial charge on any atom is -0.473 e. The van der Waals surface area contributed by atoms with Crippen LogP contribution in [0.4, 0.5) is 5.82 Å². The second kappa shape index (κ2) is 7.69. The molecule has 0 saturated carbocycles. The number of anilines is 1. The molecule has 4 rings (SSSR count). The molecule has 0 saturated heterocycles. The molecule has 1 unspecified atom stereocenters. The molecule has 0 fully saturated rings. The average molecular weight is 362 g/mol. The predicted octanol–water partition coefficient (Wildman–Crippen LogP) is 2.20. The number of ether oxygens (including phenoxy) is 1. The van der Waals surface area contributed by atoms with Crippen LogP contribution in [0.5, 0.6) is 5.88 Å². The Morgan fingerprint density at radius 1 is 1.22 bits per heavy atom. The minimum absolute atomic E-state index is 0.0926. The Labute approximate surface area is 155 Å². The van der Waals surface area contributed by atoms with Gasteiger partial charge in [0, 0.05) is 37.2 Å². The van der Waals surface area contributed by atoms with Crippen molar-refractivity contribution in [3.05, 3.63) is 66.3 Å². The zero-order valence-corrected chi connectivity index (χ0v) is 14.4. The monoisotopic (exact) mass is 362 g/mol. The summed E-state index contributed by atoms with van der Waals surface area (Å²) in [6, 6.07) is 9.30. The van der Waals surface area contributed by atoms with Crippen molar-refractivity contribution in [2.24, 2.45) is 4.99 Å². The molecule has 1 aliphatic heterocycles. The van der Waals surface area contributed by atoms with E-state index in [0.717, 1.165) is 16.8 Å². The molecule has 0 aromatic carbocycles. The number of nitrogens with zero attached hydrogens (tertiary/aromatic N) is 4. The van der Waals surface area contributed by atoms with Gasteiger partial charge in [0.05, 0.1) is 11.3 Å². The van der Waals surface area contributed by atoms with Crippen molar-refractivity contribution < 1.29 is 9.26 Å². The molecule has 27 heavy (non-hydrogen) atoms. The fourth-order valence-corrected chi connectivity index (χ4v) is 2.62. The molecular formula is C19H18N6O2. The van der Waals surface area contributed by atoms with E-state index in [9.17, 15) is 0 Å². The zero-order chi connectivity index (χ0) is 18.5. The van der Waals surface area contributed by atoms with Crippen molar-refractivity contribution in [1.29, 1.82) is 0 Å². The van der Waals surface area contributed by atoms with Crippen LogP contribution >= 0.6 is 0 Å². The number of hydrogen-bond donors (Lipinski definition) is 2. The van der Waals surface area contributed by atoms with Crippen LogP contribution in [0.15, 0.2) is 64.5 Å². The molecule has 0 bridgehead atoms. The average Bonchev–Trinajstić information content (AvgIpc) is 3.17. The lowest BCUT2D eigenvalue weighted by atomic mass is 10.1. The lowest BCUT2D eigenvalue weighted by molar-refractivity contribution is 0.268. The number of nitrogen functional groups attached to an aromatic ring is 1. The van der Waals surface area contributed by atoms with Gasteiger partial charge in [-0.15, -0.1) is 0 Å². The van der Waals surface area contributed by atoms with Crippen LogP contribution in [-0.2, 0) is 6.42 Å². The number of hydrogen-bond acceptors (Lipinski definition) is 8. The number of aromatic nitrogens is 3. The molecule has 8 heteroatoms. The predicted molar refractivity (Wildman–Crippen MR) is 101 cm³/mol. The number of aliphatic imine (C=N–C) groups is 1. The van der Waals surface area contributed by atoms with Gasteiger partial charge in [-0.25, -0.2) is 9.97 Å². The molecule has 1 atom stereocenters. The van der Waals surface area contributed by atoms with Crippen LogP contribution < -0.4 is 15.8 Å². The van der Waals surface area contributed by atoms with E-state index < -0.39 is 0 Å². The first-order valence-electron chi connectivity index (χ1n) is 8.46. The van der Waals surface area contributed by atoms with Crippen LogP contribution in [0.1, 0.15) is 11.3 Å². The van der Waals surface area contributed by atoms with E-state index in [0.29, 0.717) is 30.5 Å². The summed E-state index contributed by atoms with van der Waals surface area (Å²) >= 11 is 0. The molecule has 3 aromatic rings. The summed E-state index contributed by atoms with van der Waals surface area (Å²) in [6.07, 6.45) is 9.32. The quantitative estimate of drug-likeness (QED) is 0.691. The maximum absolute atomic E-state index is 5.87. The Balaban J connectivity index is 1.37.